The van der Waals surface area contributed by atoms with Gasteiger partial charge in [-0.05, 0) is 32.6 Å². The van der Waals surface area contributed by atoms with Gasteiger partial charge in [0.15, 0.2) is 0 Å². The Labute approximate surface area is 120 Å². The van der Waals surface area contributed by atoms with Crippen LogP contribution in [0, 0.1) is 6.92 Å². The standard InChI is InChI=1S/C15H24N4O/c1-3-7-16-14-11(2)15(18-10-17-14)19-8-9-20-13-6-4-5-12(13)19/h10,12-13H,3-9H2,1-2H3,(H,16,17,18). The second-order valence-corrected chi connectivity index (χ2v) is 5.70. The minimum absolute atomic E-state index is 0.394. The molecule has 0 aromatic carbocycles. The van der Waals surface area contributed by atoms with Crippen molar-refractivity contribution in [3.05, 3.63) is 11.9 Å². The third kappa shape index (κ3) is 2.46. The summed E-state index contributed by atoms with van der Waals surface area (Å²) in [5, 5.41) is 3.39. The molecule has 1 aromatic rings. The Balaban J connectivity index is 1.85. The van der Waals surface area contributed by atoms with Gasteiger partial charge in [-0.1, -0.05) is 6.92 Å². The lowest BCUT2D eigenvalue weighted by Crippen LogP contribution is -2.49. The van der Waals surface area contributed by atoms with Crippen LogP contribution in [0.2, 0.25) is 0 Å². The Morgan fingerprint density at radius 3 is 3.15 bits per heavy atom. The van der Waals surface area contributed by atoms with Crippen LogP contribution >= 0.6 is 0 Å². The van der Waals surface area contributed by atoms with E-state index in [1.165, 1.54) is 19.3 Å². The molecule has 0 bridgehead atoms. The van der Waals surface area contributed by atoms with Crippen LogP contribution in [-0.4, -0.2) is 41.8 Å². The largest absolute Gasteiger partial charge is 0.374 e. The summed E-state index contributed by atoms with van der Waals surface area (Å²) in [4.78, 5) is 11.4. The number of aromatic nitrogens is 2. The van der Waals surface area contributed by atoms with E-state index in [1.54, 1.807) is 6.33 Å². The van der Waals surface area contributed by atoms with Gasteiger partial charge in [0.05, 0.1) is 18.8 Å². The predicted octanol–water partition coefficient (Wildman–Crippen LogP) is 2.36. The lowest BCUT2D eigenvalue weighted by Gasteiger charge is -2.39. The quantitative estimate of drug-likeness (QED) is 0.915. The van der Waals surface area contributed by atoms with E-state index in [9.17, 15) is 0 Å². The molecule has 1 aliphatic heterocycles. The molecule has 1 N–H and O–H groups in total. The fraction of sp³-hybridized carbons (Fsp3) is 0.733. The minimum atomic E-state index is 0.394. The van der Waals surface area contributed by atoms with Crippen LogP contribution in [0.1, 0.15) is 38.2 Å². The summed E-state index contributed by atoms with van der Waals surface area (Å²) < 4.78 is 5.89. The number of hydrogen-bond acceptors (Lipinski definition) is 5. The first-order valence-electron chi connectivity index (χ1n) is 7.75. The van der Waals surface area contributed by atoms with Crippen molar-refractivity contribution in [2.75, 3.05) is 29.9 Å². The van der Waals surface area contributed by atoms with Gasteiger partial charge in [-0.3, -0.25) is 0 Å². The number of nitrogens with one attached hydrogen (secondary N) is 1. The van der Waals surface area contributed by atoms with E-state index in [-0.39, 0.29) is 0 Å². The van der Waals surface area contributed by atoms with Crippen LogP contribution in [0.3, 0.4) is 0 Å². The molecule has 2 aliphatic rings. The van der Waals surface area contributed by atoms with Crippen LogP contribution in [0.15, 0.2) is 6.33 Å². The number of nitrogens with zero attached hydrogens (tertiary/aromatic N) is 3. The number of anilines is 2. The lowest BCUT2D eigenvalue weighted by atomic mass is 10.1. The molecule has 0 spiro atoms. The average Bonchev–Trinajstić information content (AvgIpc) is 2.95. The van der Waals surface area contributed by atoms with Gasteiger partial charge in [0.1, 0.15) is 18.0 Å². The van der Waals surface area contributed by atoms with Crippen LogP contribution in [0.25, 0.3) is 0 Å². The Bertz CT molecular complexity index is 465. The van der Waals surface area contributed by atoms with Crippen LogP contribution in [0.5, 0.6) is 0 Å². The van der Waals surface area contributed by atoms with Crippen LogP contribution < -0.4 is 10.2 Å². The number of rotatable bonds is 4. The third-order valence-corrected chi connectivity index (χ3v) is 4.35. The van der Waals surface area contributed by atoms with E-state index >= 15 is 0 Å². The molecule has 1 aromatic heterocycles. The molecule has 1 saturated carbocycles. The van der Waals surface area contributed by atoms with E-state index in [0.717, 1.165) is 43.3 Å². The number of hydrogen-bond donors (Lipinski definition) is 1. The lowest BCUT2D eigenvalue weighted by molar-refractivity contribution is 0.0253. The average molecular weight is 276 g/mol. The third-order valence-electron chi connectivity index (χ3n) is 4.35. The molecule has 2 fully saturated rings. The second-order valence-electron chi connectivity index (χ2n) is 5.70. The first-order valence-corrected chi connectivity index (χ1v) is 7.75. The van der Waals surface area contributed by atoms with Crippen molar-refractivity contribution in [1.82, 2.24) is 9.97 Å². The minimum Gasteiger partial charge on any atom is -0.374 e. The summed E-state index contributed by atoms with van der Waals surface area (Å²) in [6.45, 7) is 6.98. The van der Waals surface area contributed by atoms with Crippen LogP contribution in [0.4, 0.5) is 11.6 Å². The summed E-state index contributed by atoms with van der Waals surface area (Å²) in [6, 6.07) is 0.497. The first-order chi connectivity index (χ1) is 9.81. The topological polar surface area (TPSA) is 50.3 Å². The molecule has 1 saturated heterocycles. The van der Waals surface area contributed by atoms with Crippen molar-refractivity contribution in [1.29, 1.82) is 0 Å². The molecule has 2 unspecified atom stereocenters. The Morgan fingerprint density at radius 1 is 1.40 bits per heavy atom. The normalized spacial score (nSPS) is 25.6. The first kappa shape index (κ1) is 13.6. The number of morpholine rings is 1. The van der Waals surface area contributed by atoms with E-state index in [4.69, 9.17) is 4.74 Å². The van der Waals surface area contributed by atoms with Crippen LogP contribution in [-0.2, 0) is 4.74 Å². The molecular weight excluding hydrogens is 252 g/mol. The maximum atomic E-state index is 5.89. The maximum Gasteiger partial charge on any atom is 0.137 e. The SMILES string of the molecule is CCCNc1ncnc(N2CCOC3CCCC32)c1C. The molecule has 2 heterocycles. The fourth-order valence-electron chi connectivity index (χ4n) is 3.34. The van der Waals surface area contributed by atoms with E-state index in [2.05, 4.69) is 34.0 Å². The van der Waals surface area contributed by atoms with Crippen molar-refractivity contribution in [3.8, 4) is 0 Å². The van der Waals surface area contributed by atoms with E-state index < -0.39 is 0 Å². The molecule has 0 amide bonds. The van der Waals surface area contributed by atoms with Gasteiger partial charge in [0.25, 0.3) is 0 Å². The monoisotopic (exact) mass is 276 g/mol. The molecular formula is C15H24N4O. The zero-order chi connectivity index (χ0) is 13.9. The Hall–Kier alpha value is -1.36. The van der Waals surface area contributed by atoms with Crippen molar-refractivity contribution in [3.63, 3.8) is 0 Å². The van der Waals surface area contributed by atoms with Gasteiger partial charge in [0.2, 0.25) is 0 Å². The highest BCUT2D eigenvalue weighted by Gasteiger charge is 2.37. The fourth-order valence-corrected chi connectivity index (χ4v) is 3.34. The van der Waals surface area contributed by atoms with Gasteiger partial charge in [-0.2, -0.15) is 0 Å². The van der Waals surface area contributed by atoms with Gasteiger partial charge < -0.3 is 15.0 Å². The van der Waals surface area contributed by atoms with Gasteiger partial charge >= 0.3 is 0 Å². The number of ether oxygens (including phenoxy) is 1. The molecule has 3 rings (SSSR count). The molecule has 1 aliphatic carbocycles. The van der Waals surface area contributed by atoms with Crippen molar-refractivity contribution in [2.24, 2.45) is 0 Å². The van der Waals surface area contributed by atoms with Crippen molar-refractivity contribution in [2.45, 2.75) is 51.7 Å². The second kappa shape index (κ2) is 5.95. The zero-order valence-corrected chi connectivity index (χ0v) is 12.4. The highest BCUT2D eigenvalue weighted by molar-refractivity contribution is 5.58. The zero-order valence-electron chi connectivity index (χ0n) is 12.4. The highest BCUT2D eigenvalue weighted by atomic mass is 16.5. The summed E-state index contributed by atoms with van der Waals surface area (Å²) >= 11 is 0. The summed E-state index contributed by atoms with van der Waals surface area (Å²) in [6.07, 6.45) is 6.83. The molecule has 5 heteroatoms. The molecule has 5 nitrogen and oxygen atoms in total. The van der Waals surface area contributed by atoms with Crippen molar-refractivity contribution >= 4 is 11.6 Å². The molecule has 110 valence electrons. The summed E-state index contributed by atoms with van der Waals surface area (Å²) in [7, 11) is 0. The molecule has 20 heavy (non-hydrogen) atoms. The molecule has 0 radical (unpaired) electrons. The van der Waals surface area contributed by atoms with Gasteiger partial charge in [0, 0.05) is 18.7 Å². The highest BCUT2D eigenvalue weighted by Crippen LogP contribution is 2.34. The molecule has 2 atom stereocenters. The maximum absolute atomic E-state index is 5.89. The van der Waals surface area contributed by atoms with Crippen molar-refractivity contribution < 1.29 is 4.74 Å². The van der Waals surface area contributed by atoms with Gasteiger partial charge in [-0.15, -0.1) is 0 Å². The predicted molar refractivity (Wildman–Crippen MR) is 80.3 cm³/mol. The van der Waals surface area contributed by atoms with E-state index in [1.807, 2.05) is 0 Å². The van der Waals surface area contributed by atoms with Gasteiger partial charge in [-0.25, -0.2) is 9.97 Å². The number of fused-ring (bicyclic) bond motifs is 1. The summed E-state index contributed by atoms with van der Waals surface area (Å²) in [5.41, 5.74) is 1.16. The smallest absolute Gasteiger partial charge is 0.137 e. The summed E-state index contributed by atoms with van der Waals surface area (Å²) in [5.74, 6) is 2.05. The van der Waals surface area contributed by atoms with E-state index in [0.29, 0.717) is 12.1 Å². The Morgan fingerprint density at radius 2 is 2.30 bits per heavy atom. The Kier molecular flexibility index (Phi) is 4.05.